The highest BCUT2D eigenvalue weighted by atomic mass is 16.5. The molecular formula is C16H20N2O3. The van der Waals surface area contributed by atoms with E-state index in [1.165, 1.54) is 6.92 Å². The van der Waals surface area contributed by atoms with Crippen LogP contribution < -0.4 is 15.4 Å². The van der Waals surface area contributed by atoms with Gasteiger partial charge in [0.15, 0.2) is 0 Å². The predicted octanol–water partition coefficient (Wildman–Crippen LogP) is 3.73. The van der Waals surface area contributed by atoms with Crippen molar-refractivity contribution >= 4 is 17.3 Å². The molecule has 1 aromatic heterocycles. The summed E-state index contributed by atoms with van der Waals surface area (Å²) >= 11 is 0. The molecule has 0 spiro atoms. The van der Waals surface area contributed by atoms with Gasteiger partial charge in [0.1, 0.15) is 17.3 Å². The van der Waals surface area contributed by atoms with Crippen molar-refractivity contribution < 1.29 is 13.9 Å². The van der Waals surface area contributed by atoms with Gasteiger partial charge in [-0.2, -0.15) is 0 Å². The minimum atomic E-state index is -0.110. The van der Waals surface area contributed by atoms with Crippen LogP contribution in [0, 0.1) is 6.92 Å². The fraction of sp³-hybridized carbons (Fsp3) is 0.312. The van der Waals surface area contributed by atoms with Crippen molar-refractivity contribution in [3.05, 3.63) is 41.9 Å². The van der Waals surface area contributed by atoms with E-state index in [1.807, 2.05) is 38.1 Å². The molecule has 0 fully saturated rings. The van der Waals surface area contributed by atoms with Crippen LogP contribution in [0.15, 0.2) is 34.7 Å². The van der Waals surface area contributed by atoms with Crippen LogP contribution >= 0.6 is 0 Å². The Hall–Kier alpha value is -2.43. The second-order valence-corrected chi connectivity index (χ2v) is 4.91. The molecule has 21 heavy (non-hydrogen) atoms. The Morgan fingerprint density at radius 1 is 1.29 bits per heavy atom. The second-order valence-electron chi connectivity index (χ2n) is 4.91. The Morgan fingerprint density at radius 2 is 2.05 bits per heavy atom. The van der Waals surface area contributed by atoms with E-state index in [4.69, 9.17) is 9.15 Å². The van der Waals surface area contributed by atoms with E-state index < -0.39 is 0 Å². The maximum atomic E-state index is 11.1. The Bertz CT molecular complexity index is 634. The molecule has 1 heterocycles. The topological polar surface area (TPSA) is 63.5 Å². The molecule has 112 valence electrons. The zero-order valence-electron chi connectivity index (χ0n) is 12.7. The standard InChI is InChI=1S/C16H20N2O3/c1-10-5-7-15(21-10)11(2)17-14-9-13(18-12(3)19)6-8-16(14)20-4/h5-9,11,17H,1-4H3,(H,18,19). The van der Waals surface area contributed by atoms with Crippen molar-refractivity contribution in [1.29, 1.82) is 0 Å². The molecule has 5 heteroatoms. The average molecular weight is 288 g/mol. The van der Waals surface area contributed by atoms with Gasteiger partial charge < -0.3 is 19.8 Å². The zero-order chi connectivity index (χ0) is 15.4. The van der Waals surface area contributed by atoms with Gasteiger partial charge in [-0.3, -0.25) is 4.79 Å². The van der Waals surface area contributed by atoms with Crippen molar-refractivity contribution in [3.63, 3.8) is 0 Å². The summed E-state index contributed by atoms with van der Waals surface area (Å²) in [4.78, 5) is 11.1. The maximum Gasteiger partial charge on any atom is 0.221 e. The summed E-state index contributed by atoms with van der Waals surface area (Å²) in [5.74, 6) is 2.32. The molecular weight excluding hydrogens is 268 g/mol. The normalized spacial score (nSPS) is 11.8. The smallest absolute Gasteiger partial charge is 0.221 e. The lowest BCUT2D eigenvalue weighted by Crippen LogP contribution is -2.09. The van der Waals surface area contributed by atoms with Crippen LogP contribution in [0.5, 0.6) is 5.75 Å². The molecule has 1 amide bonds. The van der Waals surface area contributed by atoms with Gasteiger partial charge in [0, 0.05) is 12.6 Å². The second kappa shape index (κ2) is 6.35. The highest BCUT2D eigenvalue weighted by Crippen LogP contribution is 2.31. The number of rotatable bonds is 5. The molecule has 5 nitrogen and oxygen atoms in total. The number of nitrogens with one attached hydrogen (secondary N) is 2. The Balaban J connectivity index is 2.22. The lowest BCUT2D eigenvalue weighted by Gasteiger charge is -2.17. The van der Waals surface area contributed by atoms with Crippen LogP contribution in [0.4, 0.5) is 11.4 Å². The summed E-state index contributed by atoms with van der Waals surface area (Å²) in [5, 5.41) is 6.09. The molecule has 1 atom stereocenters. The van der Waals surface area contributed by atoms with Gasteiger partial charge in [-0.05, 0) is 44.2 Å². The molecule has 0 saturated heterocycles. The molecule has 2 aromatic rings. The number of furan rings is 1. The van der Waals surface area contributed by atoms with Gasteiger partial charge in [-0.1, -0.05) is 0 Å². The van der Waals surface area contributed by atoms with Gasteiger partial charge in [-0.15, -0.1) is 0 Å². The van der Waals surface area contributed by atoms with Crippen LogP contribution in [0.1, 0.15) is 31.4 Å². The highest BCUT2D eigenvalue weighted by molar-refractivity contribution is 5.89. The van der Waals surface area contributed by atoms with E-state index in [0.717, 1.165) is 17.2 Å². The Kier molecular flexibility index (Phi) is 4.52. The first kappa shape index (κ1) is 15.0. The summed E-state index contributed by atoms with van der Waals surface area (Å²) in [5.41, 5.74) is 1.51. The van der Waals surface area contributed by atoms with Gasteiger partial charge in [-0.25, -0.2) is 0 Å². The van der Waals surface area contributed by atoms with Crippen LogP contribution in [-0.2, 0) is 4.79 Å². The number of amides is 1. The molecule has 2 rings (SSSR count). The number of carbonyl (C=O) groups is 1. The van der Waals surface area contributed by atoms with Crippen LogP contribution in [0.3, 0.4) is 0 Å². The first-order valence-corrected chi connectivity index (χ1v) is 6.78. The van der Waals surface area contributed by atoms with Crippen molar-refractivity contribution in [1.82, 2.24) is 0 Å². The number of benzene rings is 1. The summed E-state index contributed by atoms with van der Waals surface area (Å²) < 4.78 is 11.0. The van der Waals surface area contributed by atoms with Crippen molar-refractivity contribution in [2.75, 3.05) is 17.7 Å². The van der Waals surface area contributed by atoms with E-state index in [0.29, 0.717) is 11.4 Å². The van der Waals surface area contributed by atoms with Crippen LogP contribution in [0.25, 0.3) is 0 Å². The number of ether oxygens (including phenoxy) is 1. The largest absolute Gasteiger partial charge is 0.495 e. The first-order valence-electron chi connectivity index (χ1n) is 6.78. The molecule has 0 aliphatic rings. The Morgan fingerprint density at radius 3 is 2.62 bits per heavy atom. The SMILES string of the molecule is COc1ccc(NC(C)=O)cc1NC(C)c1ccc(C)o1. The zero-order valence-corrected chi connectivity index (χ0v) is 12.7. The minimum absolute atomic E-state index is 0.0137. The molecule has 0 saturated carbocycles. The van der Waals surface area contributed by atoms with Crippen LogP contribution in [-0.4, -0.2) is 13.0 Å². The number of aryl methyl sites for hydroxylation is 1. The third kappa shape index (κ3) is 3.78. The summed E-state index contributed by atoms with van der Waals surface area (Å²) in [6, 6.07) is 9.31. The summed E-state index contributed by atoms with van der Waals surface area (Å²) in [6.07, 6.45) is 0. The maximum absolute atomic E-state index is 11.1. The average Bonchev–Trinajstić information content (AvgIpc) is 2.85. The third-order valence-corrected chi connectivity index (χ3v) is 3.08. The van der Waals surface area contributed by atoms with Gasteiger partial charge in [0.2, 0.25) is 5.91 Å². The van der Waals surface area contributed by atoms with E-state index >= 15 is 0 Å². The van der Waals surface area contributed by atoms with Crippen molar-refractivity contribution in [3.8, 4) is 5.75 Å². The number of hydrogen-bond donors (Lipinski definition) is 2. The van der Waals surface area contributed by atoms with Gasteiger partial charge in [0.25, 0.3) is 0 Å². The monoisotopic (exact) mass is 288 g/mol. The number of carbonyl (C=O) groups excluding carboxylic acids is 1. The first-order chi connectivity index (χ1) is 9.99. The van der Waals surface area contributed by atoms with E-state index in [-0.39, 0.29) is 11.9 Å². The fourth-order valence-corrected chi connectivity index (χ4v) is 2.09. The van der Waals surface area contributed by atoms with Crippen molar-refractivity contribution in [2.24, 2.45) is 0 Å². The van der Waals surface area contributed by atoms with Gasteiger partial charge >= 0.3 is 0 Å². The molecule has 1 unspecified atom stereocenters. The Labute approximate surface area is 124 Å². The van der Waals surface area contributed by atoms with E-state index in [9.17, 15) is 4.79 Å². The molecule has 0 aliphatic carbocycles. The molecule has 0 radical (unpaired) electrons. The molecule has 0 aliphatic heterocycles. The lowest BCUT2D eigenvalue weighted by molar-refractivity contribution is -0.114. The van der Waals surface area contributed by atoms with E-state index in [2.05, 4.69) is 10.6 Å². The quantitative estimate of drug-likeness (QED) is 0.880. The minimum Gasteiger partial charge on any atom is -0.495 e. The molecule has 2 N–H and O–H groups in total. The summed E-state index contributed by atoms with van der Waals surface area (Å²) in [7, 11) is 1.61. The van der Waals surface area contributed by atoms with Crippen molar-refractivity contribution in [2.45, 2.75) is 26.8 Å². The predicted molar refractivity (Wildman–Crippen MR) is 82.8 cm³/mol. The highest BCUT2D eigenvalue weighted by Gasteiger charge is 2.13. The third-order valence-electron chi connectivity index (χ3n) is 3.08. The lowest BCUT2D eigenvalue weighted by atomic mass is 10.2. The summed E-state index contributed by atoms with van der Waals surface area (Å²) in [6.45, 7) is 5.39. The van der Waals surface area contributed by atoms with Gasteiger partial charge in [0.05, 0.1) is 18.8 Å². The molecule has 1 aromatic carbocycles. The number of anilines is 2. The number of methoxy groups -OCH3 is 1. The van der Waals surface area contributed by atoms with Crippen LogP contribution in [0.2, 0.25) is 0 Å². The number of hydrogen-bond acceptors (Lipinski definition) is 4. The fourth-order valence-electron chi connectivity index (χ4n) is 2.09. The molecule has 0 bridgehead atoms. The van der Waals surface area contributed by atoms with E-state index in [1.54, 1.807) is 13.2 Å².